The van der Waals surface area contributed by atoms with Crippen LogP contribution in [0.1, 0.15) is 51.3 Å². The number of carbonyl (C=O) groups is 1. The Morgan fingerprint density at radius 1 is 1.23 bits per heavy atom. The number of aromatic nitrogens is 3. The quantitative estimate of drug-likeness (QED) is 0.847. The van der Waals surface area contributed by atoms with Gasteiger partial charge in [-0.1, -0.05) is 0 Å². The second-order valence-corrected chi connectivity index (χ2v) is 6.67. The van der Waals surface area contributed by atoms with E-state index in [0.29, 0.717) is 12.1 Å². The van der Waals surface area contributed by atoms with Gasteiger partial charge in [-0.3, -0.25) is 14.4 Å². The lowest BCUT2D eigenvalue weighted by Crippen LogP contribution is -2.49. The number of amides is 1. The van der Waals surface area contributed by atoms with Gasteiger partial charge >= 0.3 is 0 Å². The molecule has 0 aromatic carbocycles. The van der Waals surface area contributed by atoms with Crippen LogP contribution < -0.4 is 0 Å². The number of nitrogens with zero attached hydrogens (tertiary/aromatic N) is 5. The Morgan fingerprint density at radius 2 is 1.95 bits per heavy atom. The molecule has 3 rings (SSSR count). The number of likely N-dealkylation sites (tertiary alicyclic amines) is 1. The Bertz CT molecular complexity index is 510. The summed E-state index contributed by atoms with van der Waals surface area (Å²) in [6, 6.07) is 0.931. The number of aryl methyl sites for hydroxylation is 1. The van der Waals surface area contributed by atoms with Gasteiger partial charge in [0.05, 0.1) is 6.54 Å². The predicted molar refractivity (Wildman–Crippen MR) is 84.1 cm³/mol. The molecule has 0 radical (unpaired) electrons. The van der Waals surface area contributed by atoms with Crippen molar-refractivity contribution in [3.05, 3.63) is 12.2 Å². The Balaban J connectivity index is 1.59. The zero-order chi connectivity index (χ0) is 15.5. The predicted octanol–water partition coefficient (Wildman–Crippen LogP) is 1.57. The summed E-state index contributed by atoms with van der Waals surface area (Å²) in [5.41, 5.74) is 0. The molecule has 0 spiro atoms. The van der Waals surface area contributed by atoms with Gasteiger partial charge in [0.25, 0.3) is 0 Å². The van der Waals surface area contributed by atoms with Crippen LogP contribution in [-0.2, 0) is 18.4 Å². The molecule has 2 aliphatic rings. The van der Waals surface area contributed by atoms with Crippen LogP contribution in [-0.4, -0.2) is 55.6 Å². The maximum Gasteiger partial charge on any atom is 0.219 e. The van der Waals surface area contributed by atoms with E-state index < -0.39 is 0 Å². The highest BCUT2D eigenvalue weighted by Gasteiger charge is 2.33. The van der Waals surface area contributed by atoms with Gasteiger partial charge in [0, 0.05) is 32.6 Å². The van der Waals surface area contributed by atoms with Crippen LogP contribution in [0.2, 0.25) is 0 Å². The van der Waals surface area contributed by atoms with Gasteiger partial charge in [-0.25, -0.2) is 4.98 Å². The Hall–Kier alpha value is -1.43. The average Bonchev–Trinajstić information content (AvgIpc) is 2.70. The van der Waals surface area contributed by atoms with Crippen LogP contribution in [0.5, 0.6) is 0 Å². The molecule has 1 aliphatic carbocycles. The molecule has 0 bridgehead atoms. The molecule has 1 aromatic rings. The van der Waals surface area contributed by atoms with Gasteiger partial charge in [-0.15, -0.1) is 0 Å². The van der Waals surface area contributed by atoms with Gasteiger partial charge in [-0.05, 0) is 45.1 Å². The molecule has 0 N–H and O–H groups in total. The third-order valence-corrected chi connectivity index (χ3v) is 5.19. The third-order valence-electron chi connectivity index (χ3n) is 5.19. The summed E-state index contributed by atoms with van der Waals surface area (Å²) in [6.07, 6.45) is 8.64. The van der Waals surface area contributed by atoms with Crippen molar-refractivity contribution in [3.63, 3.8) is 0 Å². The van der Waals surface area contributed by atoms with E-state index in [1.165, 1.54) is 19.3 Å². The van der Waals surface area contributed by atoms with Crippen molar-refractivity contribution in [1.29, 1.82) is 0 Å². The van der Waals surface area contributed by atoms with E-state index in [0.717, 1.165) is 44.7 Å². The average molecular weight is 305 g/mol. The van der Waals surface area contributed by atoms with Crippen molar-refractivity contribution in [3.8, 4) is 0 Å². The highest BCUT2D eigenvalue weighted by atomic mass is 16.2. The molecule has 22 heavy (non-hydrogen) atoms. The van der Waals surface area contributed by atoms with Crippen molar-refractivity contribution in [2.75, 3.05) is 13.1 Å². The Morgan fingerprint density at radius 3 is 2.55 bits per heavy atom. The normalized spacial score (nSPS) is 23.8. The van der Waals surface area contributed by atoms with Crippen LogP contribution in [0, 0.1) is 0 Å². The van der Waals surface area contributed by atoms with E-state index in [4.69, 9.17) is 0 Å². The van der Waals surface area contributed by atoms with Crippen LogP contribution in [0.4, 0.5) is 0 Å². The van der Waals surface area contributed by atoms with Crippen molar-refractivity contribution < 1.29 is 4.79 Å². The molecule has 2 heterocycles. The van der Waals surface area contributed by atoms with E-state index >= 15 is 0 Å². The van der Waals surface area contributed by atoms with Crippen molar-refractivity contribution in [2.24, 2.45) is 7.05 Å². The first-order valence-corrected chi connectivity index (χ1v) is 8.49. The largest absolute Gasteiger partial charge is 0.337 e. The van der Waals surface area contributed by atoms with Crippen LogP contribution >= 0.6 is 0 Å². The number of carbonyl (C=O) groups excluding carboxylic acids is 1. The summed E-state index contributed by atoms with van der Waals surface area (Å²) < 4.78 is 1.85. The molecule has 1 atom stereocenters. The van der Waals surface area contributed by atoms with Crippen LogP contribution in [0.15, 0.2) is 6.33 Å². The van der Waals surface area contributed by atoms with E-state index in [9.17, 15) is 4.79 Å². The number of hydrogen-bond acceptors (Lipinski definition) is 4. The van der Waals surface area contributed by atoms with Gasteiger partial charge in [0.15, 0.2) is 0 Å². The summed E-state index contributed by atoms with van der Waals surface area (Å²) in [5.74, 6) is 1.28. The lowest BCUT2D eigenvalue weighted by atomic mass is 9.89. The molecule has 1 aliphatic heterocycles. The van der Waals surface area contributed by atoms with Crippen molar-refractivity contribution in [1.82, 2.24) is 24.6 Å². The molecule has 1 aromatic heterocycles. The van der Waals surface area contributed by atoms with Gasteiger partial charge in [0.2, 0.25) is 5.91 Å². The Labute approximate surface area is 132 Å². The van der Waals surface area contributed by atoms with Crippen molar-refractivity contribution in [2.45, 2.75) is 64.1 Å². The first-order valence-electron chi connectivity index (χ1n) is 8.49. The number of hydrogen-bond donors (Lipinski definition) is 0. The molecule has 0 unspecified atom stereocenters. The fraction of sp³-hybridized carbons (Fsp3) is 0.812. The van der Waals surface area contributed by atoms with Gasteiger partial charge in [0.1, 0.15) is 12.2 Å². The smallest absolute Gasteiger partial charge is 0.219 e. The standard InChI is InChI=1S/C16H27N5O/c1-13(22)21(14-5-3-6-14)15-7-4-9-20(10-8-15)11-16-17-12-18-19(16)2/h12,14-15H,3-11H2,1-2H3/t15-/m1/s1. The molecular formula is C16H27N5O. The minimum atomic E-state index is 0.261. The minimum absolute atomic E-state index is 0.261. The maximum atomic E-state index is 12.1. The summed E-state index contributed by atoms with van der Waals surface area (Å²) in [4.78, 5) is 21.0. The molecule has 122 valence electrons. The summed E-state index contributed by atoms with van der Waals surface area (Å²) >= 11 is 0. The molecule has 2 fully saturated rings. The molecular weight excluding hydrogens is 278 g/mol. The van der Waals surface area contributed by atoms with Crippen molar-refractivity contribution >= 4 is 5.91 Å². The first-order chi connectivity index (χ1) is 10.6. The van der Waals surface area contributed by atoms with E-state index in [1.807, 2.05) is 11.7 Å². The second kappa shape index (κ2) is 6.77. The third kappa shape index (κ3) is 3.32. The summed E-state index contributed by atoms with van der Waals surface area (Å²) in [6.45, 7) is 4.71. The minimum Gasteiger partial charge on any atom is -0.337 e. The molecule has 1 saturated carbocycles. The van der Waals surface area contributed by atoms with Crippen LogP contribution in [0.25, 0.3) is 0 Å². The van der Waals surface area contributed by atoms with Crippen LogP contribution in [0.3, 0.4) is 0 Å². The SMILES string of the molecule is CC(=O)N(C1CCC1)[C@@H]1CCCN(Cc2ncnn2C)CC1. The highest BCUT2D eigenvalue weighted by Crippen LogP contribution is 2.30. The zero-order valence-electron chi connectivity index (χ0n) is 13.7. The fourth-order valence-electron chi connectivity index (χ4n) is 3.72. The topological polar surface area (TPSA) is 54.3 Å². The fourth-order valence-corrected chi connectivity index (χ4v) is 3.72. The lowest BCUT2D eigenvalue weighted by molar-refractivity contribution is -0.136. The Kier molecular flexibility index (Phi) is 4.76. The number of rotatable bonds is 4. The molecule has 1 amide bonds. The molecule has 6 heteroatoms. The second-order valence-electron chi connectivity index (χ2n) is 6.67. The first kappa shape index (κ1) is 15.5. The van der Waals surface area contributed by atoms with E-state index in [-0.39, 0.29) is 5.91 Å². The summed E-state index contributed by atoms with van der Waals surface area (Å²) in [7, 11) is 1.94. The lowest BCUT2D eigenvalue weighted by Gasteiger charge is -2.42. The van der Waals surface area contributed by atoms with E-state index in [2.05, 4.69) is 19.9 Å². The zero-order valence-corrected chi connectivity index (χ0v) is 13.7. The van der Waals surface area contributed by atoms with Gasteiger partial charge < -0.3 is 4.90 Å². The van der Waals surface area contributed by atoms with E-state index in [1.54, 1.807) is 13.3 Å². The maximum absolute atomic E-state index is 12.1. The highest BCUT2D eigenvalue weighted by molar-refractivity contribution is 5.74. The monoisotopic (exact) mass is 305 g/mol. The summed E-state index contributed by atoms with van der Waals surface area (Å²) in [5, 5.41) is 4.14. The molecule has 6 nitrogen and oxygen atoms in total. The van der Waals surface area contributed by atoms with Gasteiger partial charge in [-0.2, -0.15) is 5.10 Å². The molecule has 1 saturated heterocycles.